The second-order valence-electron chi connectivity index (χ2n) is 8.14. The van der Waals surface area contributed by atoms with Crippen LogP contribution in [0.3, 0.4) is 0 Å². The Kier molecular flexibility index (Phi) is 5.22. The van der Waals surface area contributed by atoms with Gasteiger partial charge in [-0.25, -0.2) is 4.90 Å². The monoisotopic (exact) mass is 408 g/mol. The number of hydrogen-bond donors (Lipinski definition) is 0. The second-order valence-corrected chi connectivity index (χ2v) is 8.57. The summed E-state index contributed by atoms with van der Waals surface area (Å²) in [5.41, 5.74) is 4.38. The first-order valence-electron chi connectivity index (χ1n) is 10.1. The number of imide groups is 1. The molecule has 4 rings (SSSR count). The molecule has 0 N–H and O–H groups in total. The van der Waals surface area contributed by atoms with Crippen molar-refractivity contribution in [1.82, 2.24) is 4.90 Å². The van der Waals surface area contributed by atoms with Gasteiger partial charge in [0, 0.05) is 18.1 Å². The van der Waals surface area contributed by atoms with E-state index in [1.165, 1.54) is 4.90 Å². The van der Waals surface area contributed by atoms with Gasteiger partial charge < -0.3 is 4.90 Å². The normalized spacial score (nSPS) is 18.2. The minimum atomic E-state index is -0.266. The van der Waals surface area contributed by atoms with Crippen LogP contribution in [0.15, 0.2) is 48.2 Å². The Morgan fingerprint density at radius 2 is 1.59 bits per heavy atom. The van der Waals surface area contributed by atoms with E-state index in [4.69, 9.17) is 11.6 Å². The zero-order chi connectivity index (χ0) is 20.7. The van der Waals surface area contributed by atoms with Crippen LogP contribution in [0.4, 0.5) is 5.69 Å². The zero-order valence-corrected chi connectivity index (χ0v) is 17.8. The quantitative estimate of drug-likeness (QED) is 0.673. The van der Waals surface area contributed by atoms with Crippen molar-refractivity contribution >= 4 is 34.7 Å². The molecule has 5 heteroatoms. The number of aryl methyl sites for hydroxylation is 2. The molecule has 0 spiro atoms. The van der Waals surface area contributed by atoms with Crippen molar-refractivity contribution in [2.75, 3.05) is 18.0 Å². The van der Waals surface area contributed by atoms with Crippen LogP contribution >= 0.6 is 11.6 Å². The molecule has 150 valence electrons. The highest BCUT2D eigenvalue weighted by Crippen LogP contribution is 2.37. The number of nitrogens with zero attached hydrogens (tertiary/aromatic N) is 2. The van der Waals surface area contributed by atoms with Crippen molar-refractivity contribution < 1.29 is 9.59 Å². The highest BCUT2D eigenvalue weighted by Gasteiger charge is 2.43. The summed E-state index contributed by atoms with van der Waals surface area (Å²) in [7, 11) is 0. The summed E-state index contributed by atoms with van der Waals surface area (Å²) in [6.45, 7) is 7.74. The van der Waals surface area contributed by atoms with E-state index in [-0.39, 0.29) is 11.8 Å². The van der Waals surface area contributed by atoms with Gasteiger partial charge in [0.2, 0.25) is 0 Å². The predicted molar refractivity (Wildman–Crippen MR) is 117 cm³/mol. The molecule has 0 saturated carbocycles. The highest BCUT2D eigenvalue weighted by molar-refractivity contribution is 6.45. The molecule has 2 aliphatic rings. The fourth-order valence-corrected chi connectivity index (χ4v) is 4.32. The number of carbonyl (C=O) groups is 2. The fraction of sp³-hybridized carbons (Fsp3) is 0.333. The number of halogens is 1. The van der Waals surface area contributed by atoms with Gasteiger partial charge in [-0.05, 0) is 61.9 Å². The first-order chi connectivity index (χ1) is 13.9. The molecule has 0 unspecified atom stereocenters. The van der Waals surface area contributed by atoms with Gasteiger partial charge in [0.25, 0.3) is 11.8 Å². The van der Waals surface area contributed by atoms with Crippen LogP contribution in [0.1, 0.15) is 36.5 Å². The van der Waals surface area contributed by atoms with Crippen LogP contribution < -0.4 is 4.90 Å². The standard InChI is InChI=1S/C24H25ClN2O2/c1-15-10-12-26(13-11-15)22-21(18-5-7-19(25)8-6-18)23(28)27(24(22)29)20-9-4-16(2)14-17(20)3/h4-9,14-15H,10-13H2,1-3H3. The summed E-state index contributed by atoms with van der Waals surface area (Å²) in [6.07, 6.45) is 2.03. The van der Waals surface area contributed by atoms with Crippen LogP contribution in [-0.4, -0.2) is 29.8 Å². The van der Waals surface area contributed by atoms with E-state index < -0.39 is 0 Å². The average Bonchev–Trinajstić information content (AvgIpc) is 2.94. The van der Waals surface area contributed by atoms with Crippen LogP contribution in [0.25, 0.3) is 5.57 Å². The topological polar surface area (TPSA) is 40.6 Å². The average molecular weight is 409 g/mol. The molecule has 1 fully saturated rings. The molecule has 0 radical (unpaired) electrons. The lowest BCUT2D eigenvalue weighted by Crippen LogP contribution is -2.38. The number of benzene rings is 2. The van der Waals surface area contributed by atoms with Crippen LogP contribution in [0.2, 0.25) is 5.02 Å². The van der Waals surface area contributed by atoms with Gasteiger partial charge in [-0.2, -0.15) is 0 Å². The molecule has 2 amide bonds. The molecule has 0 atom stereocenters. The number of rotatable bonds is 3. The van der Waals surface area contributed by atoms with Crippen LogP contribution in [-0.2, 0) is 9.59 Å². The number of likely N-dealkylation sites (tertiary alicyclic amines) is 1. The molecule has 2 aromatic rings. The van der Waals surface area contributed by atoms with Crippen LogP contribution in [0, 0.1) is 19.8 Å². The van der Waals surface area contributed by atoms with Gasteiger partial charge >= 0.3 is 0 Å². The van der Waals surface area contributed by atoms with Crippen LogP contribution in [0.5, 0.6) is 0 Å². The lowest BCUT2D eigenvalue weighted by molar-refractivity contribution is -0.120. The van der Waals surface area contributed by atoms with Gasteiger partial charge in [-0.1, -0.05) is 48.4 Å². The Morgan fingerprint density at radius 3 is 2.21 bits per heavy atom. The summed E-state index contributed by atoms with van der Waals surface area (Å²) < 4.78 is 0. The van der Waals surface area contributed by atoms with Crippen molar-refractivity contribution in [3.63, 3.8) is 0 Å². The number of anilines is 1. The minimum absolute atomic E-state index is 0.235. The predicted octanol–water partition coefficient (Wildman–Crippen LogP) is 4.97. The van der Waals surface area contributed by atoms with E-state index in [1.807, 2.05) is 44.2 Å². The van der Waals surface area contributed by atoms with E-state index in [2.05, 4.69) is 11.8 Å². The maximum atomic E-state index is 13.6. The number of hydrogen-bond acceptors (Lipinski definition) is 3. The maximum absolute atomic E-state index is 13.6. The summed E-state index contributed by atoms with van der Waals surface area (Å²) >= 11 is 6.06. The third-order valence-corrected chi connectivity index (χ3v) is 6.14. The molecule has 2 aromatic carbocycles. The van der Waals surface area contributed by atoms with Gasteiger partial charge in [-0.15, -0.1) is 0 Å². The Labute approximate surface area is 176 Å². The van der Waals surface area contributed by atoms with Crippen molar-refractivity contribution in [3.05, 3.63) is 69.9 Å². The van der Waals surface area contributed by atoms with E-state index >= 15 is 0 Å². The molecule has 1 saturated heterocycles. The Bertz CT molecular complexity index is 1000. The van der Waals surface area contributed by atoms with Crippen molar-refractivity contribution in [2.24, 2.45) is 5.92 Å². The molecule has 4 nitrogen and oxygen atoms in total. The summed E-state index contributed by atoms with van der Waals surface area (Å²) in [5.74, 6) is 0.132. The van der Waals surface area contributed by atoms with Gasteiger partial charge in [0.15, 0.2) is 0 Å². The molecular formula is C24H25ClN2O2. The van der Waals surface area contributed by atoms with Gasteiger partial charge in [0.1, 0.15) is 5.70 Å². The van der Waals surface area contributed by atoms with E-state index in [1.54, 1.807) is 12.1 Å². The highest BCUT2D eigenvalue weighted by atomic mass is 35.5. The minimum Gasteiger partial charge on any atom is -0.366 e. The first kappa shape index (κ1) is 19.7. The number of amides is 2. The molecule has 2 heterocycles. The molecule has 0 aliphatic carbocycles. The smallest absolute Gasteiger partial charge is 0.282 e. The largest absolute Gasteiger partial charge is 0.366 e. The molecule has 0 aromatic heterocycles. The molecule has 29 heavy (non-hydrogen) atoms. The SMILES string of the molecule is Cc1ccc(N2C(=O)C(c3ccc(Cl)cc3)=C(N3CCC(C)CC3)C2=O)c(C)c1. The maximum Gasteiger partial charge on any atom is 0.282 e. The van der Waals surface area contributed by atoms with E-state index in [0.29, 0.717) is 27.9 Å². The second kappa shape index (κ2) is 7.68. The van der Waals surface area contributed by atoms with E-state index in [9.17, 15) is 9.59 Å². The Morgan fingerprint density at radius 1 is 0.931 bits per heavy atom. The Balaban J connectivity index is 1.82. The van der Waals surface area contributed by atoms with Gasteiger partial charge in [0.05, 0.1) is 11.3 Å². The fourth-order valence-electron chi connectivity index (χ4n) is 4.20. The molecule has 2 aliphatic heterocycles. The zero-order valence-electron chi connectivity index (χ0n) is 17.0. The third kappa shape index (κ3) is 3.58. The van der Waals surface area contributed by atoms with Crippen molar-refractivity contribution in [1.29, 1.82) is 0 Å². The summed E-state index contributed by atoms with van der Waals surface area (Å²) in [6, 6.07) is 13.0. The van der Waals surface area contributed by atoms with Gasteiger partial charge in [-0.3, -0.25) is 9.59 Å². The first-order valence-corrected chi connectivity index (χ1v) is 10.5. The number of carbonyl (C=O) groups excluding carboxylic acids is 2. The van der Waals surface area contributed by atoms with Crippen molar-refractivity contribution in [3.8, 4) is 0 Å². The van der Waals surface area contributed by atoms with E-state index in [0.717, 1.165) is 42.6 Å². The lowest BCUT2D eigenvalue weighted by atomic mass is 9.97. The summed E-state index contributed by atoms with van der Waals surface area (Å²) in [5, 5.41) is 0.603. The van der Waals surface area contributed by atoms with Crippen molar-refractivity contribution in [2.45, 2.75) is 33.6 Å². The Hall–Kier alpha value is -2.59. The molecule has 0 bridgehead atoms. The molecular weight excluding hydrogens is 384 g/mol. The number of piperidine rings is 1. The third-order valence-electron chi connectivity index (χ3n) is 5.89. The summed E-state index contributed by atoms with van der Waals surface area (Å²) in [4.78, 5) is 30.5. The lowest BCUT2D eigenvalue weighted by Gasteiger charge is -2.32.